The number of aliphatic carboxylic acids is 1. The molecule has 0 aliphatic carbocycles. The topological polar surface area (TPSA) is 102 Å². The van der Waals surface area contributed by atoms with Gasteiger partial charge in [0.1, 0.15) is 12.6 Å². The zero-order chi connectivity index (χ0) is 50.6. The Bertz CT molecular complexity index is 1270. The highest BCUT2D eigenvalue weighted by molar-refractivity contribution is 5.70. The minimum atomic E-state index is -1.13. The summed E-state index contributed by atoms with van der Waals surface area (Å²) in [6.07, 6.45) is 64.4. The van der Waals surface area contributed by atoms with E-state index >= 15 is 0 Å². The SMILES string of the molecule is CCCCCCCCCC/C=C/C/C=C/CCCCCCCCCC(=O)OCC(COCCC(C(=O)[O-])[N+](C)(C)C)OC(=O)CCCCCCCCC/C=C/C/C=C/CCCCCCCCCCC. The Hall–Kier alpha value is -2.71. The summed E-state index contributed by atoms with van der Waals surface area (Å²) in [5, 5.41) is 11.7. The second-order valence-electron chi connectivity index (χ2n) is 20.9. The van der Waals surface area contributed by atoms with Crippen LogP contribution in [-0.4, -0.2) is 75.5 Å². The van der Waals surface area contributed by atoms with Gasteiger partial charge in [-0.3, -0.25) is 9.59 Å². The summed E-state index contributed by atoms with van der Waals surface area (Å²) in [7, 11) is 5.42. The van der Waals surface area contributed by atoms with E-state index in [9.17, 15) is 19.5 Å². The third-order valence-electron chi connectivity index (χ3n) is 13.2. The van der Waals surface area contributed by atoms with Gasteiger partial charge in [-0.2, -0.15) is 0 Å². The van der Waals surface area contributed by atoms with Crippen LogP contribution in [0.5, 0.6) is 0 Å². The molecule has 2 atom stereocenters. The molecule has 0 heterocycles. The summed E-state index contributed by atoms with van der Waals surface area (Å²) in [6.45, 7) is 4.68. The van der Waals surface area contributed by atoms with Crippen LogP contribution in [0.3, 0.4) is 0 Å². The minimum Gasteiger partial charge on any atom is -0.544 e. The second-order valence-corrected chi connectivity index (χ2v) is 20.9. The second kappa shape index (κ2) is 51.6. The molecular weight excluding hydrogens is 859 g/mol. The lowest BCUT2D eigenvalue weighted by molar-refractivity contribution is -0.889. The Morgan fingerprint density at radius 1 is 0.435 bits per heavy atom. The maximum absolute atomic E-state index is 12.8. The number of carbonyl (C=O) groups is 3. The lowest BCUT2D eigenvalue weighted by Gasteiger charge is -2.34. The molecule has 0 rings (SSSR count). The highest BCUT2D eigenvalue weighted by atomic mass is 16.6. The van der Waals surface area contributed by atoms with Crippen molar-refractivity contribution in [3.05, 3.63) is 48.6 Å². The smallest absolute Gasteiger partial charge is 0.306 e. The Morgan fingerprint density at radius 3 is 1.12 bits per heavy atom. The van der Waals surface area contributed by atoms with Crippen molar-refractivity contribution < 1.29 is 38.2 Å². The van der Waals surface area contributed by atoms with Crippen LogP contribution in [0.1, 0.15) is 271 Å². The van der Waals surface area contributed by atoms with E-state index in [1.54, 1.807) is 21.1 Å². The summed E-state index contributed by atoms with van der Waals surface area (Å²) in [5.74, 6) is -1.74. The number of carboxylic acid groups (broad SMARTS) is 1. The Kier molecular flexibility index (Phi) is 49.6. The number of hydrogen-bond donors (Lipinski definition) is 0. The number of likely N-dealkylation sites (N-methyl/N-ethyl adjacent to an activating group) is 1. The summed E-state index contributed by atoms with van der Waals surface area (Å²) in [5.41, 5.74) is 0. The van der Waals surface area contributed by atoms with E-state index in [1.165, 1.54) is 173 Å². The lowest BCUT2D eigenvalue weighted by atomic mass is 10.1. The highest BCUT2D eigenvalue weighted by Crippen LogP contribution is 2.16. The van der Waals surface area contributed by atoms with Gasteiger partial charge in [0.15, 0.2) is 6.10 Å². The third-order valence-corrected chi connectivity index (χ3v) is 13.2. The summed E-state index contributed by atoms with van der Waals surface area (Å²) in [6, 6.07) is -0.731. The van der Waals surface area contributed by atoms with Gasteiger partial charge in [-0.15, -0.1) is 0 Å². The van der Waals surface area contributed by atoms with Crippen molar-refractivity contribution in [2.75, 3.05) is 41.0 Å². The average Bonchev–Trinajstić information content (AvgIpc) is 3.31. The van der Waals surface area contributed by atoms with Gasteiger partial charge >= 0.3 is 11.9 Å². The maximum Gasteiger partial charge on any atom is 0.306 e. The molecule has 0 saturated heterocycles. The van der Waals surface area contributed by atoms with Crippen molar-refractivity contribution in [3.63, 3.8) is 0 Å². The van der Waals surface area contributed by atoms with E-state index in [-0.39, 0.29) is 42.7 Å². The van der Waals surface area contributed by atoms with Gasteiger partial charge in [0.2, 0.25) is 0 Å². The zero-order valence-corrected chi connectivity index (χ0v) is 46.0. The van der Waals surface area contributed by atoms with Crippen molar-refractivity contribution in [2.45, 2.75) is 283 Å². The number of carbonyl (C=O) groups excluding carboxylic acids is 3. The quantitative estimate of drug-likeness (QED) is 0.0259. The van der Waals surface area contributed by atoms with E-state index in [1.807, 2.05) is 0 Å². The summed E-state index contributed by atoms with van der Waals surface area (Å²) >= 11 is 0. The molecule has 0 saturated carbocycles. The molecule has 8 nitrogen and oxygen atoms in total. The highest BCUT2D eigenvalue weighted by Gasteiger charge is 2.25. The first-order valence-corrected chi connectivity index (χ1v) is 29.2. The van der Waals surface area contributed by atoms with E-state index in [4.69, 9.17) is 14.2 Å². The van der Waals surface area contributed by atoms with Gasteiger partial charge in [0, 0.05) is 19.3 Å². The Morgan fingerprint density at radius 2 is 0.768 bits per heavy atom. The first-order chi connectivity index (χ1) is 33.6. The molecular formula is C61H111NO7. The molecule has 2 unspecified atom stereocenters. The van der Waals surface area contributed by atoms with Gasteiger partial charge in [-0.1, -0.05) is 223 Å². The van der Waals surface area contributed by atoms with E-state index < -0.39 is 18.1 Å². The Balaban J connectivity index is 4.20. The van der Waals surface area contributed by atoms with Crippen LogP contribution < -0.4 is 5.11 Å². The number of ether oxygens (including phenoxy) is 3. The van der Waals surface area contributed by atoms with Crippen molar-refractivity contribution in [3.8, 4) is 0 Å². The van der Waals surface area contributed by atoms with Crippen LogP contribution in [0.4, 0.5) is 0 Å². The number of allylic oxidation sites excluding steroid dienone is 8. The van der Waals surface area contributed by atoms with Gasteiger partial charge < -0.3 is 28.6 Å². The van der Waals surface area contributed by atoms with E-state index in [0.717, 1.165) is 64.2 Å². The summed E-state index contributed by atoms with van der Waals surface area (Å²) < 4.78 is 17.3. The molecule has 8 heteroatoms. The van der Waals surface area contributed by atoms with Gasteiger partial charge in [0.05, 0.1) is 40.3 Å². The maximum atomic E-state index is 12.8. The predicted molar refractivity (Wildman–Crippen MR) is 291 cm³/mol. The number of esters is 2. The molecule has 0 spiro atoms. The average molecular weight is 971 g/mol. The predicted octanol–water partition coefficient (Wildman–Crippen LogP) is 16.2. The molecule has 0 N–H and O–H groups in total. The largest absolute Gasteiger partial charge is 0.544 e. The molecule has 0 aliphatic heterocycles. The fourth-order valence-electron chi connectivity index (χ4n) is 8.66. The van der Waals surface area contributed by atoms with Crippen LogP contribution in [0.2, 0.25) is 0 Å². The number of quaternary nitrogens is 1. The van der Waals surface area contributed by atoms with Crippen LogP contribution in [0.15, 0.2) is 48.6 Å². The number of rotatable bonds is 53. The van der Waals surface area contributed by atoms with Gasteiger partial charge in [0.25, 0.3) is 0 Å². The first-order valence-electron chi connectivity index (χ1n) is 29.2. The molecule has 0 fully saturated rings. The van der Waals surface area contributed by atoms with Gasteiger partial charge in [-0.05, 0) is 77.0 Å². The molecule has 0 aliphatic rings. The zero-order valence-electron chi connectivity index (χ0n) is 46.0. The minimum absolute atomic E-state index is 0.0352. The van der Waals surface area contributed by atoms with Crippen LogP contribution >= 0.6 is 0 Å². The van der Waals surface area contributed by atoms with Crippen molar-refractivity contribution in [1.82, 2.24) is 0 Å². The van der Waals surface area contributed by atoms with E-state index in [0.29, 0.717) is 12.8 Å². The monoisotopic (exact) mass is 970 g/mol. The number of unbranched alkanes of at least 4 members (excludes halogenated alkanes) is 31. The molecule has 0 radical (unpaired) electrons. The van der Waals surface area contributed by atoms with Crippen molar-refractivity contribution >= 4 is 17.9 Å². The van der Waals surface area contributed by atoms with Crippen molar-refractivity contribution in [1.29, 1.82) is 0 Å². The normalized spacial score (nSPS) is 13.1. The number of hydrogen-bond acceptors (Lipinski definition) is 7. The number of nitrogens with zero attached hydrogens (tertiary/aromatic N) is 1. The fourth-order valence-corrected chi connectivity index (χ4v) is 8.66. The molecule has 402 valence electrons. The van der Waals surface area contributed by atoms with Crippen molar-refractivity contribution in [2.24, 2.45) is 0 Å². The fraction of sp³-hybridized carbons (Fsp3) is 0.820. The molecule has 69 heavy (non-hydrogen) atoms. The van der Waals surface area contributed by atoms with Gasteiger partial charge in [-0.25, -0.2) is 0 Å². The van der Waals surface area contributed by atoms with Crippen LogP contribution in [-0.2, 0) is 28.6 Å². The molecule has 0 aromatic heterocycles. The molecule has 0 aromatic carbocycles. The standard InChI is InChI=1S/C61H111NO7/c1-6-8-10-12-14-16-18-20-22-24-26-28-30-32-34-36-38-40-42-44-46-48-50-52-60(64)69-57(55-67-54-53-58(61(65)66)62(3,4)5)56-68-59(63)51-49-47-45-43-41-39-37-35-33-31-29-27-25-23-21-19-17-15-13-11-9-7-2/h25-28,31-34,57-58H,6-24,29-30,35-56H2,1-5H3/b27-25+,28-26+,33-31+,34-32+. The lowest BCUT2D eigenvalue weighted by Crippen LogP contribution is -2.55. The first kappa shape index (κ1) is 66.3. The summed E-state index contributed by atoms with van der Waals surface area (Å²) in [4.78, 5) is 37.2. The number of carboxylic acids is 1. The molecule has 0 aromatic rings. The Labute approximate surface area is 426 Å². The molecule has 0 amide bonds. The molecule has 0 bridgehead atoms. The van der Waals surface area contributed by atoms with Crippen LogP contribution in [0, 0.1) is 0 Å². The third kappa shape index (κ3) is 50.0. The van der Waals surface area contributed by atoms with Crippen LogP contribution in [0.25, 0.3) is 0 Å². The van der Waals surface area contributed by atoms with E-state index in [2.05, 4.69) is 62.5 Å².